The lowest BCUT2D eigenvalue weighted by Crippen LogP contribution is -2.42. The van der Waals surface area contributed by atoms with E-state index in [4.69, 9.17) is 4.74 Å². The van der Waals surface area contributed by atoms with Crippen LogP contribution in [0.25, 0.3) is 5.82 Å². The maximum atomic E-state index is 12.4. The van der Waals surface area contributed by atoms with Crippen molar-refractivity contribution < 1.29 is 9.53 Å². The molecular formula is C22H26N6O2. The molecule has 8 nitrogen and oxygen atoms in total. The van der Waals surface area contributed by atoms with Crippen molar-refractivity contribution in [2.45, 2.75) is 39.7 Å². The van der Waals surface area contributed by atoms with Gasteiger partial charge in [0.25, 0.3) is 5.91 Å². The zero-order chi connectivity index (χ0) is 21.1. The van der Waals surface area contributed by atoms with E-state index in [9.17, 15) is 4.79 Å². The highest BCUT2D eigenvalue weighted by molar-refractivity contribution is 5.81. The Labute approximate surface area is 175 Å². The van der Waals surface area contributed by atoms with Crippen LogP contribution in [-0.4, -0.2) is 45.1 Å². The first kappa shape index (κ1) is 19.9. The van der Waals surface area contributed by atoms with E-state index in [1.165, 1.54) is 0 Å². The van der Waals surface area contributed by atoms with E-state index < -0.39 is 6.10 Å². The average Bonchev–Trinajstić information content (AvgIpc) is 3.04. The van der Waals surface area contributed by atoms with Gasteiger partial charge in [0, 0.05) is 18.8 Å². The molecule has 1 atom stereocenters. The van der Waals surface area contributed by atoms with Gasteiger partial charge in [0.15, 0.2) is 11.9 Å². The third kappa shape index (κ3) is 4.12. The molecule has 1 aromatic carbocycles. The number of ether oxygens (including phenoxy) is 1. The van der Waals surface area contributed by atoms with Crippen LogP contribution in [0.2, 0.25) is 0 Å². The summed E-state index contributed by atoms with van der Waals surface area (Å²) in [5, 5.41) is 19.0. The summed E-state index contributed by atoms with van der Waals surface area (Å²) in [4.78, 5) is 12.4. The fourth-order valence-corrected chi connectivity index (χ4v) is 3.48. The number of hydrogen-bond acceptors (Lipinski definition) is 6. The number of para-hydroxylation sites is 1. The topological polar surface area (TPSA) is 94.0 Å². The van der Waals surface area contributed by atoms with Crippen molar-refractivity contribution in [1.29, 1.82) is 0 Å². The van der Waals surface area contributed by atoms with Crippen LogP contribution in [0.15, 0.2) is 36.4 Å². The third-order valence-corrected chi connectivity index (χ3v) is 5.46. The van der Waals surface area contributed by atoms with E-state index in [-0.39, 0.29) is 5.91 Å². The van der Waals surface area contributed by atoms with Crippen LogP contribution in [0.1, 0.15) is 28.9 Å². The number of nitrogens with one attached hydrogen (secondary N) is 2. The summed E-state index contributed by atoms with van der Waals surface area (Å²) < 4.78 is 7.62. The van der Waals surface area contributed by atoms with Crippen molar-refractivity contribution in [2.75, 3.05) is 18.4 Å². The molecule has 0 fully saturated rings. The zero-order valence-electron chi connectivity index (χ0n) is 17.5. The Morgan fingerprint density at radius 2 is 1.97 bits per heavy atom. The normalized spacial score (nSPS) is 15.2. The van der Waals surface area contributed by atoms with E-state index in [1.807, 2.05) is 57.2 Å². The van der Waals surface area contributed by atoms with E-state index in [1.54, 1.807) is 4.68 Å². The van der Waals surface area contributed by atoms with Crippen LogP contribution < -0.4 is 15.4 Å². The minimum atomic E-state index is -0.441. The molecule has 0 saturated heterocycles. The Bertz CT molecular complexity index is 1040. The molecular weight excluding hydrogens is 380 g/mol. The molecule has 156 valence electrons. The van der Waals surface area contributed by atoms with Gasteiger partial charge in [0.05, 0.1) is 5.69 Å². The lowest BCUT2D eigenvalue weighted by Gasteiger charge is -2.25. The number of rotatable bonds is 6. The molecule has 0 bridgehead atoms. The summed E-state index contributed by atoms with van der Waals surface area (Å²) in [6, 6.07) is 11.6. The maximum absolute atomic E-state index is 12.4. The maximum Gasteiger partial charge on any atom is 0.261 e. The summed E-state index contributed by atoms with van der Waals surface area (Å²) in [6.07, 6.45) is 1.10. The number of carbonyl (C=O) groups is 1. The highest BCUT2D eigenvalue weighted by atomic mass is 16.5. The van der Waals surface area contributed by atoms with Crippen LogP contribution in [0.3, 0.4) is 0 Å². The van der Waals surface area contributed by atoms with E-state index in [2.05, 4.69) is 25.9 Å². The monoisotopic (exact) mass is 406 g/mol. The molecule has 8 heteroatoms. The molecule has 2 N–H and O–H groups in total. The molecule has 0 radical (unpaired) electrons. The van der Waals surface area contributed by atoms with Gasteiger partial charge in [0.2, 0.25) is 0 Å². The number of benzene rings is 1. The van der Waals surface area contributed by atoms with Crippen LogP contribution in [0, 0.1) is 20.8 Å². The largest absolute Gasteiger partial charge is 0.480 e. The zero-order valence-corrected chi connectivity index (χ0v) is 17.5. The second-order valence-electron chi connectivity index (χ2n) is 7.46. The van der Waals surface area contributed by atoms with Gasteiger partial charge < -0.3 is 15.4 Å². The molecule has 1 amide bonds. The number of amides is 1. The first-order valence-corrected chi connectivity index (χ1v) is 10.2. The second-order valence-corrected chi connectivity index (χ2v) is 7.46. The standard InChI is InChI=1S/C22H26N6O2/c1-14-15(2)27-28(16(14)3)21-11-10-20(25-26-21)23-12-13-24-22(29)19-9-8-17-6-4-5-7-18(17)30-19/h4-7,10-11,19H,8-9,12-13H2,1-3H3,(H,23,25)(H,24,29). The van der Waals surface area contributed by atoms with Gasteiger partial charge in [-0.15, -0.1) is 10.2 Å². The van der Waals surface area contributed by atoms with Gasteiger partial charge in [-0.2, -0.15) is 5.10 Å². The fourth-order valence-electron chi connectivity index (χ4n) is 3.48. The first-order valence-electron chi connectivity index (χ1n) is 10.2. The first-order chi connectivity index (χ1) is 14.5. The lowest BCUT2D eigenvalue weighted by molar-refractivity contribution is -0.128. The van der Waals surface area contributed by atoms with Gasteiger partial charge >= 0.3 is 0 Å². The molecule has 1 unspecified atom stereocenters. The summed E-state index contributed by atoms with van der Waals surface area (Å²) in [6.45, 7) is 7.06. The molecule has 0 spiro atoms. The Balaban J connectivity index is 1.25. The Hall–Kier alpha value is -3.42. The Kier molecular flexibility index (Phi) is 5.65. The van der Waals surface area contributed by atoms with Crippen molar-refractivity contribution in [3.8, 4) is 11.6 Å². The minimum absolute atomic E-state index is 0.0902. The van der Waals surface area contributed by atoms with Crippen molar-refractivity contribution >= 4 is 11.7 Å². The molecule has 4 rings (SSSR count). The Morgan fingerprint density at radius 1 is 1.13 bits per heavy atom. The van der Waals surface area contributed by atoms with E-state index >= 15 is 0 Å². The van der Waals surface area contributed by atoms with Crippen molar-refractivity contribution in [3.63, 3.8) is 0 Å². The number of aryl methyl sites for hydroxylation is 2. The number of carbonyl (C=O) groups excluding carboxylic acids is 1. The number of anilines is 1. The molecule has 0 saturated carbocycles. The van der Waals surface area contributed by atoms with Crippen LogP contribution in [0.4, 0.5) is 5.82 Å². The SMILES string of the molecule is Cc1nn(-c2ccc(NCCNC(=O)C3CCc4ccccc4O3)nn2)c(C)c1C. The molecule has 30 heavy (non-hydrogen) atoms. The average molecular weight is 406 g/mol. The smallest absolute Gasteiger partial charge is 0.261 e. The van der Waals surface area contributed by atoms with E-state index in [0.717, 1.165) is 34.7 Å². The number of hydrogen-bond donors (Lipinski definition) is 2. The summed E-state index contributed by atoms with van der Waals surface area (Å²) in [5.74, 6) is 2.04. The van der Waals surface area contributed by atoms with Gasteiger partial charge in [0.1, 0.15) is 11.6 Å². The highest BCUT2D eigenvalue weighted by Crippen LogP contribution is 2.27. The highest BCUT2D eigenvalue weighted by Gasteiger charge is 2.25. The van der Waals surface area contributed by atoms with Gasteiger partial charge in [-0.25, -0.2) is 4.68 Å². The number of aromatic nitrogens is 4. The van der Waals surface area contributed by atoms with Gasteiger partial charge in [-0.1, -0.05) is 18.2 Å². The predicted octanol–water partition coefficient (Wildman–Crippen LogP) is 2.51. The molecule has 0 aliphatic carbocycles. The molecule has 3 aromatic rings. The van der Waals surface area contributed by atoms with Gasteiger partial charge in [-0.05, 0) is 62.9 Å². The summed E-state index contributed by atoms with van der Waals surface area (Å²) in [5.41, 5.74) is 4.34. The number of nitrogens with zero attached hydrogens (tertiary/aromatic N) is 4. The summed E-state index contributed by atoms with van der Waals surface area (Å²) >= 11 is 0. The van der Waals surface area contributed by atoms with Crippen LogP contribution in [-0.2, 0) is 11.2 Å². The molecule has 1 aliphatic rings. The molecule has 3 heterocycles. The van der Waals surface area contributed by atoms with Gasteiger partial charge in [-0.3, -0.25) is 4.79 Å². The lowest BCUT2D eigenvalue weighted by atomic mass is 10.0. The minimum Gasteiger partial charge on any atom is -0.480 e. The van der Waals surface area contributed by atoms with Crippen LogP contribution in [0.5, 0.6) is 5.75 Å². The second kappa shape index (κ2) is 8.52. The van der Waals surface area contributed by atoms with E-state index in [0.29, 0.717) is 31.1 Å². The van der Waals surface area contributed by atoms with Crippen molar-refractivity contribution in [2.24, 2.45) is 0 Å². The van der Waals surface area contributed by atoms with Crippen molar-refractivity contribution in [3.05, 3.63) is 58.9 Å². The summed E-state index contributed by atoms with van der Waals surface area (Å²) in [7, 11) is 0. The Morgan fingerprint density at radius 3 is 2.70 bits per heavy atom. The van der Waals surface area contributed by atoms with Crippen LogP contribution >= 0.6 is 0 Å². The predicted molar refractivity (Wildman–Crippen MR) is 114 cm³/mol. The fraction of sp³-hybridized carbons (Fsp3) is 0.364. The third-order valence-electron chi connectivity index (χ3n) is 5.46. The molecule has 1 aliphatic heterocycles. The van der Waals surface area contributed by atoms with Crippen molar-refractivity contribution in [1.82, 2.24) is 25.3 Å². The quantitative estimate of drug-likeness (QED) is 0.611. The number of fused-ring (bicyclic) bond motifs is 1. The molecule has 2 aromatic heterocycles.